The maximum Gasteiger partial charge on any atom is 0.269 e. The van der Waals surface area contributed by atoms with E-state index >= 15 is 0 Å². The molecule has 0 atom stereocenters. The third kappa shape index (κ3) is 8.40. The highest BCUT2D eigenvalue weighted by molar-refractivity contribution is 8.11. The van der Waals surface area contributed by atoms with Crippen molar-refractivity contribution in [3.8, 4) is 0 Å². The number of benzene rings is 4. The molecule has 4 rings (SSSR count). The highest BCUT2D eigenvalue weighted by Gasteiger charge is 2.16. The third-order valence-corrected chi connectivity index (χ3v) is 9.36. The second-order valence-electron chi connectivity index (χ2n) is 8.99. The summed E-state index contributed by atoms with van der Waals surface area (Å²) in [4.78, 5) is 23.6. The summed E-state index contributed by atoms with van der Waals surface area (Å²) in [5, 5.41) is 24.6. The molecule has 41 heavy (non-hydrogen) atoms. The average molecular weight is 605 g/mol. The molecule has 0 aliphatic carbocycles. The zero-order valence-electron chi connectivity index (χ0n) is 22.0. The van der Waals surface area contributed by atoms with Gasteiger partial charge in [-0.3, -0.25) is 20.2 Å². The molecule has 0 aliphatic rings. The van der Waals surface area contributed by atoms with E-state index in [-0.39, 0.29) is 11.4 Å². The standard InChI is InChI=1S/C30H24N2O6S3/c1-21-3-15-27(16-4-21)39-29(23-7-11-25(12-8-23)31(33)34)19-41(37,38)20-30(40-28-17-5-22(2)6-18-28)24-9-13-26(14-10-24)32(35)36/h3-20H,1-2H3. The fourth-order valence-corrected chi connectivity index (χ4v) is 7.28. The van der Waals surface area contributed by atoms with Crippen molar-refractivity contribution in [2.75, 3.05) is 0 Å². The van der Waals surface area contributed by atoms with Crippen molar-refractivity contribution in [3.05, 3.63) is 150 Å². The van der Waals surface area contributed by atoms with Crippen molar-refractivity contribution in [1.82, 2.24) is 0 Å². The van der Waals surface area contributed by atoms with E-state index in [0.717, 1.165) is 31.7 Å². The van der Waals surface area contributed by atoms with Crippen LogP contribution in [-0.4, -0.2) is 18.3 Å². The van der Waals surface area contributed by atoms with Gasteiger partial charge in [-0.15, -0.1) is 0 Å². The van der Waals surface area contributed by atoms with Crippen LogP contribution in [0.4, 0.5) is 11.4 Å². The quantitative estimate of drug-likeness (QED) is 0.100. The Balaban J connectivity index is 1.80. The molecular weight excluding hydrogens is 581 g/mol. The fourth-order valence-electron chi connectivity index (χ4n) is 3.60. The van der Waals surface area contributed by atoms with Crippen molar-refractivity contribution in [2.24, 2.45) is 0 Å². The van der Waals surface area contributed by atoms with Crippen molar-refractivity contribution < 1.29 is 18.3 Å². The van der Waals surface area contributed by atoms with E-state index in [2.05, 4.69) is 0 Å². The lowest BCUT2D eigenvalue weighted by atomic mass is 10.2. The van der Waals surface area contributed by atoms with Gasteiger partial charge in [0.2, 0.25) is 0 Å². The molecule has 0 saturated heterocycles. The van der Waals surface area contributed by atoms with Crippen molar-refractivity contribution >= 4 is 54.5 Å². The van der Waals surface area contributed by atoms with Gasteiger partial charge in [0.1, 0.15) is 0 Å². The molecule has 4 aromatic rings. The first-order valence-corrected chi connectivity index (χ1v) is 15.4. The summed E-state index contributed by atoms with van der Waals surface area (Å²) in [5.74, 6) is 0. The van der Waals surface area contributed by atoms with Crippen molar-refractivity contribution in [2.45, 2.75) is 23.6 Å². The van der Waals surface area contributed by atoms with Gasteiger partial charge in [-0.2, -0.15) is 0 Å². The van der Waals surface area contributed by atoms with Crippen LogP contribution in [-0.2, 0) is 9.84 Å². The molecule has 8 nitrogen and oxygen atoms in total. The van der Waals surface area contributed by atoms with Crippen LogP contribution in [0.25, 0.3) is 9.81 Å². The molecular formula is C30H24N2O6S3. The zero-order chi connectivity index (χ0) is 29.6. The SMILES string of the molecule is Cc1ccc(SC(=CS(=O)(=O)C=C(Sc2ccc(C)cc2)c2ccc([N+](=O)[O-])cc2)c2ccc([N+](=O)[O-])cc2)cc1. The van der Waals surface area contributed by atoms with Gasteiger partial charge < -0.3 is 0 Å². The van der Waals surface area contributed by atoms with E-state index in [1.165, 1.54) is 72.1 Å². The van der Waals surface area contributed by atoms with Crippen LogP contribution in [0, 0.1) is 34.1 Å². The molecule has 0 aliphatic heterocycles. The van der Waals surface area contributed by atoms with Crippen LogP contribution in [0.2, 0.25) is 0 Å². The largest absolute Gasteiger partial charge is 0.269 e. The number of sulfone groups is 1. The molecule has 0 radical (unpaired) electrons. The van der Waals surface area contributed by atoms with Crippen LogP contribution in [0.15, 0.2) is 118 Å². The first-order chi connectivity index (χ1) is 19.5. The van der Waals surface area contributed by atoms with Crippen LogP contribution in [0.3, 0.4) is 0 Å². The number of hydrogen-bond donors (Lipinski definition) is 0. The minimum absolute atomic E-state index is 0.105. The van der Waals surface area contributed by atoms with E-state index in [1.807, 2.05) is 62.4 Å². The molecule has 0 N–H and O–H groups in total. The fraction of sp³-hybridized carbons (Fsp3) is 0.0667. The molecule has 0 spiro atoms. The summed E-state index contributed by atoms with van der Waals surface area (Å²) in [6.45, 7) is 3.89. The zero-order valence-corrected chi connectivity index (χ0v) is 24.4. The van der Waals surface area contributed by atoms with Gasteiger partial charge in [-0.25, -0.2) is 8.42 Å². The lowest BCUT2D eigenvalue weighted by molar-refractivity contribution is -0.385. The second-order valence-corrected chi connectivity index (χ2v) is 12.9. The highest BCUT2D eigenvalue weighted by Crippen LogP contribution is 2.39. The smallest absolute Gasteiger partial charge is 0.258 e. The number of aryl methyl sites for hydroxylation is 2. The molecule has 0 amide bonds. The molecule has 0 heterocycles. The number of hydrogen-bond acceptors (Lipinski definition) is 8. The van der Waals surface area contributed by atoms with E-state index in [4.69, 9.17) is 0 Å². The third-order valence-electron chi connectivity index (χ3n) is 5.77. The minimum atomic E-state index is -4.02. The van der Waals surface area contributed by atoms with Crippen LogP contribution in [0.1, 0.15) is 22.3 Å². The minimum Gasteiger partial charge on any atom is -0.258 e. The van der Waals surface area contributed by atoms with Crippen molar-refractivity contribution in [3.63, 3.8) is 0 Å². The lowest BCUT2D eigenvalue weighted by Crippen LogP contribution is -1.95. The van der Waals surface area contributed by atoms with E-state index in [0.29, 0.717) is 20.9 Å². The Kier molecular flexibility index (Phi) is 9.43. The Morgan fingerprint density at radius 2 is 0.902 bits per heavy atom. The van der Waals surface area contributed by atoms with Gasteiger partial charge in [-0.1, -0.05) is 58.9 Å². The molecule has 0 unspecified atom stereocenters. The normalized spacial score (nSPS) is 12.2. The Morgan fingerprint density at radius 1 is 0.585 bits per heavy atom. The molecule has 0 aromatic heterocycles. The van der Waals surface area contributed by atoms with Gasteiger partial charge in [0.25, 0.3) is 11.4 Å². The number of rotatable bonds is 10. The molecule has 11 heteroatoms. The summed E-state index contributed by atoms with van der Waals surface area (Å²) < 4.78 is 27.3. The van der Waals surface area contributed by atoms with Crippen LogP contribution in [0.5, 0.6) is 0 Å². The predicted octanol–water partition coefficient (Wildman–Crippen LogP) is 8.42. The average Bonchev–Trinajstić information content (AvgIpc) is 2.94. The summed E-state index contributed by atoms with van der Waals surface area (Å²) in [6.07, 6.45) is 0. The molecule has 0 saturated carbocycles. The Bertz CT molecular complexity index is 1610. The molecule has 208 valence electrons. The number of nitro groups is 2. The topological polar surface area (TPSA) is 120 Å². The van der Waals surface area contributed by atoms with Crippen LogP contribution >= 0.6 is 23.5 Å². The number of non-ortho nitro benzene ring substituents is 2. The summed E-state index contributed by atoms with van der Waals surface area (Å²) in [6, 6.07) is 26.5. The Labute approximate surface area is 246 Å². The number of thioether (sulfide) groups is 2. The summed E-state index contributed by atoms with van der Waals surface area (Å²) in [7, 11) is -4.02. The monoisotopic (exact) mass is 604 g/mol. The summed E-state index contributed by atoms with van der Waals surface area (Å²) >= 11 is 2.45. The van der Waals surface area contributed by atoms with Crippen molar-refractivity contribution in [1.29, 1.82) is 0 Å². The number of nitrogens with zero attached hydrogens (tertiary/aromatic N) is 2. The van der Waals surface area contributed by atoms with E-state index in [1.54, 1.807) is 0 Å². The molecule has 4 aromatic carbocycles. The van der Waals surface area contributed by atoms with E-state index < -0.39 is 19.7 Å². The van der Waals surface area contributed by atoms with E-state index in [9.17, 15) is 28.6 Å². The van der Waals surface area contributed by atoms with Gasteiger partial charge in [0.05, 0.1) is 9.85 Å². The predicted molar refractivity (Wildman–Crippen MR) is 165 cm³/mol. The maximum absolute atomic E-state index is 13.6. The Morgan fingerprint density at radius 3 is 1.20 bits per heavy atom. The molecule has 0 fully saturated rings. The van der Waals surface area contributed by atoms with Gasteiger partial charge in [0.15, 0.2) is 9.84 Å². The Hall–Kier alpha value is -4.19. The first-order valence-electron chi connectivity index (χ1n) is 12.2. The second kappa shape index (κ2) is 13.0. The van der Waals surface area contributed by atoms with Gasteiger partial charge >= 0.3 is 0 Å². The summed E-state index contributed by atoms with van der Waals surface area (Å²) in [5.41, 5.74) is 2.89. The number of nitro benzene ring substituents is 2. The van der Waals surface area contributed by atoms with Gasteiger partial charge in [0, 0.05) is 54.7 Å². The van der Waals surface area contributed by atoms with Crippen LogP contribution < -0.4 is 0 Å². The molecule has 0 bridgehead atoms. The maximum atomic E-state index is 13.6. The lowest BCUT2D eigenvalue weighted by Gasteiger charge is -2.10. The highest BCUT2D eigenvalue weighted by atomic mass is 32.2. The first kappa shape index (κ1) is 29.8. The van der Waals surface area contributed by atoms with Gasteiger partial charge in [-0.05, 0) is 73.5 Å².